The zero-order valence-corrected chi connectivity index (χ0v) is 13.0. The Balaban J connectivity index is 1.90. The Bertz CT molecular complexity index is 587. The van der Waals surface area contributed by atoms with Gasteiger partial charge in [-0.2, -0.15) is 0 Å². The lowest BCUT2D eigenvalue weighted by Crippen LogP contribution is -2.29. The van der Waals surface area contributed by atoms with Crippen LogP contribution in [0.4, 0.5) is 0 Å². The first-order chi connectivity index (χ1) is 9.50. The summed E-state index contributed by atoms with van der Waals surface area (Å²) in [5, 5.41) is 3.63. The maximum Gasteiger partial charge on any atom is 0.251 e. The highest BCUT2D eigenvalue weighted by Gasteiger charge is 2.27. The first-order valence-electron chi connectivity index (χ1n) is 6.57. The number of amides is 1. The van der Waals surface area contributed by atoms with E-state index in [1.54, 1.807) is 30.1 Å². The number of carbonyl (C=O) groups excluding carboxylic acids is 1. The summed E-state index contributed by atoms with van der Waals surface area (Å²) in [7, 11) is -2.89. The summed E-state index contributed by atoms with van der Waals surface area (Å²) in [4.78, 5) is 16.2. The molecule has 1 atom stereocenters. The summed E-state index contributed by atoms with van der Waals surface area (Å²) >= 11 is 1.58. The van der Waals surface area contributed by atoms with Gasteiger partial charge in [0.25, 0.3) is 5.91 Å². The predicted molar refractivity (Wildman–Crippen MR) is 79.7 cm³/mol. The maximum atomic E-state index is 12.0. The normalized spacial score (nSPS) is 20.8. The number of aromatic nitrogens is 1. The molecule has 7 heteroatoms. The van der Waals surface area contributed by atoms with Crippen LogP contribution in [0.5, 0.6) is 0 Å². The van der Waals surface area contributed by atoms with Crippen LogP contribution in [0.1, 0.15) is 23.7 Å². The van der Waals surface area contributed by atoms with Gasteiger partial charge in [0.05, 0.1) is 16.5 Å². The molecule has 0 saturated carbocycles. The van der Waals surface area contributed by atoms with Crippen LogP contribution in [0.3, 0.4) is 0 Å². The van der Waals surface area contributed by atoms with E-state index in [0.29, 0.717) is 18.5 Å². The molecule has 110 valence electrons. The van der Waals surface area contributed by atoms with Gasteiger partial charge < -0.3 is 5.32 Å². The van der Waals surface area contributed by atoms with Crippen LogP contribution in [0, 0.1) is 5.92 Å². The third-order valence-electron chi connectivity index (χ3n) is 3.17. The monoisotopic (exact) mass is 314 g/mol. The standard InChI is InChI=1S/C13H18N2O3S2/c1-2-19-12-7-11(3-5-14-12)13(16)15-8-10-4-6-20(17,18)9-10/h3,5,7,10H,2,4,6,8-9H2,1H3,(H,15,16). The fraction of sp³-hybridized carbons (Fsp3) is 0.538. The van der Waals surface area contributed by atoms with Gasteiger partial charge in [0.15, 0.2) is 9.84 Å². The van der Waals surface area contributed by atoms with E-state index in [0.717, 1.165) is 10.8 Å². The zero-order valence-electron chi connectivity index (χ0n) is 11.3. The van der Waals surface area contributed by atoms with E-state index in [9.17, 15) is 13.2 Å². The first kappa shape index (κ1) is 15.3. The van der Waals surface area contributed by atoms with Crippen molar-refractivity contribution in [1.29, 1.82) is 0 Å². The molecule has 2 heterocycles. The number of thioether (sulfide) groups is 1. The molecule has 5 nitrogen and oxygen atoms in total. The van der Waals surface area contributed by atoms with Gasteiger partial charge >= 0.3 is 0 Å². The average Bonchev–Trinajstić information content (AvgIpc) is 2.76. The number of hydrogen-bond acceptors (Lipinski definition) is 5. The molecule has 1 saturated heterocycles. The number of hydrogen-bond donors (Lipinski definition) is 1. The van der Waals surface area contributed by atoms with Gasteiger partial charge in [-0.05, 0) is 30.2 Å². The van der Waals surface area contributed by atoms with Crippen LogP contribution in [0.25, 0.3) is 0 Å². The summed E-state index contributed by atoms with van der Waals surface area (Å²) in [6.07, 6.45) is 2.25. The van der Waals surface area contributed by atoms with Crippen molar-refractivity contribution in [3.05, 3.63) is 23.9 Å². The highest BCUT2D eigenvalue weighted by Crippen LogP contribution is 2.18. The third kappa shape index (κ3) is 4.21. The van der Waals surface area contributed by atoms with Crippen molar-refractivity contribution in [2.45, 2.75) is 18.4 Å². The molecule has 1 unspecified atom stereocenters. The number of nitrogens with zero attached hydrogens (tertiary/aromatic N) is 1. The van der Waals surface area contributed by atoms with Gasteiger partial charge in [-0.15, -0.1) is 11.8 Å². The number of pyridine rings is 1. The van der Waals surface area contributed by atoms with E-state index in [4.69, 9.17) is 0 Å². The molecule has 0 aliphatic carbocycles. The van der Waals surface area contributed by atoms with E-state index in [1.165, 1.54) is 0 Å². The highest BCUT2D eigenvalue weighted by molar-refractivity contribution is 7.99. The summed E-state index contributed by atoms with van der Waals surface area (Å²) < 4.78 is 22.7. The molecule has 1 aliphatic heterocycles. The van der Waals surface area contributed by atoms with Crippen molar-refractivity contribution in [1.82, 2.24) is 10.3 Å². The molecule has 1 aromatic rings. The van der Waals surface area contributed by atoms with E-state index in [-0.39, 0.29) is 23.3 Å². The third-order valence-corrected chi connectivity index (χ3v) is 5.81. The van der Waals surface area contributed by atoms with Crippen LogP contribution in [-0.2, 0) is 9.84 Å². The first-order valence-corrected chi connectivity index (χ1v) is 9.38. The second-order valence-corrected chi connectivity index (χ2v) is 8.31. The molecule has 0 aromatic carbocycles. The summed E-state index contributed by atoms with van der Waals surface area (Å²) in [6.45, 7) is 2.44. The summed E-state index contributed by atoms with van der Waals surface area (Å²) in [5.74, 6) is 1.18. The van der Waals surface area contributed by atoms with Crippen LogP contribution in [-0.4, -0.2) is 43.1 Å². The Hall–Kier alpha value is -1.08. The van der Waals surface area contributed by atoms with Crippen LogP contribution in [0.2, 0.25) is 0 Å². The molecule has 1 fully saturated rings. The van der Waals surface area contributed by atoms with Crippen molar-refractivity contribution in [3.63, 3.8) is 0 Å². The highest BCUT2D eigenvalue weighted by atomic mass is 32.2. The molecule has 1 amide bonds. The van der Waals surface area contributed by atoms with Crippen molar-refractivity contribution in [2.75, 3.05) is 23.8 Å². The largest absolute Gasteiger partial charge is 0.352 e. The molecule has 1 aliphatic rings. The fourth-order valence-electron chi connectivity index (χ4n) is 2.15. The minimum Gasteiger partial charge on any atom is -0.352 e. The van der Waals surface area contributed by atoms with Gasteiger partial charge in [0, 0.05) is 18.3 Å². The Labute approximate surface area is 123 Å². The number of carbonyl (C=O) groups is 1. The number of sulfone groups is 1. The maximum absolute atomic E-state index is 12.0. The fourth-order valence-corrected chi connectivity index (χ4v) is 4.65. The summed E-state index contributed by atoms with van der Waals surface area (Å²) in [5.41, 5.74) is 0.566. The minimum absolute atomic E-state index is 0.0373. The Morgan fingerprint density at radius 2 is 2.35 bits per heavy atom. The molecule has 0 radical (unpaired) electrons. The Morgan fingerprint density at radius 3 is 3.00 bits per heavy atom. The van der Waals surface area contributed by atoms with Gasteiger partial charge in [0.2, 0.25) is 0 Å². The minimum atomic E-state index is -2.89. The van der Waals surface area contributed by atoms with Gasteiger partial charge in [-0.3, -0.25) is 4.79 Å². The number of rotatable bonds is 5. The van der Waals surface area contributed by atoms with Crippen molar-refractivity contribution >= 4 is 27.5 Å². The van der Waals surface area contributed by atoms with Crippen LogP contribution >= 0.6 is 11.8 Å². The second-order valence-electron chi connectivity index (χ2n) is 4.79. The van der Waals surface area contributed by atoms with Crippen molar-refractivity contribution < 1.29 is 13.2 Å². The second kappa shape index (κ2) is 6.58. The molecule has 2 rings (SSSR count). The molecule has 0 bridgehead atoms. The molecular formula is C13H18N2O3S2. The van der Waals surface area contributed by atoms with Crippen LogP contribution < -0.4 is 5.32 Å². The van der Waals surface area contributed by atoms with Crippen molar-refractivity contribution in [2.24, 2.45) is 5.92 Å². The lowest BCUT2D eigenvalue weighted by atomic mass is 10.1. The quantitative estimate of drug-likeness (QED) is 0.831. The number of nitrogens with one attached hydrogen (secondary N) is 1. The molecule has 20 heavy (non-hydrogen) atoms. The zero-order chi connectivity index (χ0) is 14.6. The van der Waals surface area contributed by atoms with Gasteiger partial charge in [-0.1, -0.05) is 6.92 Å². The molecule has 0 spiro atoms. The van der Waals surface area contributed by atoms with E-state index in [2.05, 4.69) is 10.3 Å². The molecular weight excluding hydrogens is 296 g/mol. The SMILES string of the molecule is CCSc1cc(C(=O)NCC2CCS(=O)(=O)C2)ccn1. The van der Waals surface area contributed by atoms with E-state index >= 15 is 0 Å². The topological polar surface area (TPSA) is 76.1 Å². The molecule has 1 N–H and O–H groups in total. The van der Waals surface area contributed by atoms with E-state index < -0.39 is 9.84 Å². The van der Waals surface area contributed by atoms with Gasteiger partial charge in [0.1, 0.15) is 0 Å². The lowest BCUT2D eigenvalue weighted by molar-refractivity contribution is 0.0948. The molecule has 1 aromatic heterocycles. The van der Waals surface area contributed by atoms with Crippen molar-refractivity contribution in [3.8, 4) is 0 Å². The smallest absolute Gasteiger partial charge is 0.251 e. The van der Waals surface area contributed by atoms with Crippen LogP contribution in [0.15, 0.2) is 23.4 Å². The van der Waals surface area contributed by atoms with E-state index in [1.807, 2.05) is 6.92 Å². The Morgan fingerprint density at radius 1 is 1.55 bits per heavy atom. The Kier molecular flexibility index (Phi) is 5.04. The van der Waals surface area contributed by atoms with Gasteiger partial charge in [-0.25, -0.2) is 13.4 Å². The average molecular weight is 314 g/mol. The lowest BCUT2D eigenvalue weighted by Gasteiger charge is -2.10. The summed E-state index contributed by atoms with van der Waals surface area (Å²) in [6, 6.07) is 3.43. The predicted octanol–water partition coefficient (Wildman–Crippen LogP) is 1.36.